The van der Waals surface area contributed by atoms with Crippen LogP contribution in [0, 0.1) is 5.92 Å². The van der Waals surface area contributed by atoms with Gasteiger partial charge in [-0.2, -0.15) is 0 Å². The van der Waals surface area contributed by atoms with Gasteiger partial charge in [-0.15, -0.1) is 0 Å². The summed E-state index contributed by atoms with van der Waals surface area (Å²) in [7, 11) is 0. The molecular formula is C23H25FN2O5. The predicted octanol–water partition coefficient (Wildman–Crippen LogP) is 3.44. The lowest BCUT2D eigenvalue weighted by atomic mass is 9.81. The van der Waals surface area contributed by atoms with Crippen LogP contribution in [0.15, 0.2) is 42.5 Å². The molecule has 1 saturated heterocycles. The van der Waals surface area contributed by atoms with Crippen molar-refractivity contribution in [1.82, 2.24) is 10.2 Å². The fourth-order valence-electron chi connectivity index (χ4n) is 4.27. The average molecular weight is 428 g/mol. The minimum atomic E-state index is -0.937. The van der Waals surface area contributed by atoms with Crippen LogP contribution in [-0.4, -0.2) is 55.0 Å². The number of nitrogens with zero attached hydrogens (tertiary/aromatic N) is 1. The van der Waals surface area contributed by atoms with Gasteiger partial charge >= 0.3 is 6.09 Å². The van der Waals surface area contributed by atoms with Gasteiger partial charge < -0.3 is 24.8 Å². The summed E-state index contributed by atoms with van der Waals surface area (Å²) >= 11 is 0. The molecule has 0 saturated carbocycles. The lowest BCUT2D eigenvalue weighted by molar-refractivity contribution is 0.0930. The van der Waals surface area contributed by atoms with E-state index in [9.17, 15) is 19.1 Å². The highest BCUT2D eigenvalue weighted by Gasteiger charge is 2.33. The average Bonchev–Trinajstić information content (AvgIpc) is 3.16. The van der Waals surface area contributed by atoms with E-state index >= 15 is 0 Å². The van der Waals surface area contributed by atoms with Crippen molar-refractivity contribution in [3.63, 3.8) is 0 Å². The number of likely N-dealkylation sites (tertiary alicyclic amines) is 1. The molecule has 31 heavy (non-hydrogen) atoms. The molecule has 164 valence electrons. The number of carboxylic acid groups (broad SMARTS) is 1. The van der Waals surface area contributed by atoms with Gasteiger partial charge in [-0.1, -0.05) is 18.2 Å². The number of piperidine rings is 1. The van der Waals surface area contributed by atoms with Crippen molar-refractivity contribution >= 4 is 12.0 Å². The summed E-state index contributed by atoms with van der Waals surface area (Å²) in [6.45, 7) is 1.15. The van der Waals surface area contributed by atoms with Crippen molar-refractivity contribution in [3.05, 3.63) is 59.2 Å². The number of alkyl halides is 1. The van der Waals surface area contributed by atoms with Gasteiger partial charge in [0, 0.05) is 31.1 Å². The highest BCUT2D eigenvalue weighted by molar-refractivity contribution is 5.98. The van der Waals surface area contributed by atoms with Crippen molar-refractivity contribution in [3.8, 4) is 11.5 Å². The van der Waals surface area contributed by atoms with Gasteiger partial charge in [-0.05, 0) is 47.7 Å². The number of carbonyl (C=O) groups is 2. The Hall–Kier alpha value is -3.29. The zero-order valence-corrected chi connectivity index (χ0v) is 17.1. The third-order valence-electron chi connectivity index (χ3n) is 5.89. The number of halogens is 1. The first kappa shape index (κ1) is 21.0. The highest BCUT2D eigenvalue weighted by Crippen LogP contribution is 2.35. The molecule has 0 aromatic heterocycles. The van der Waals surface area contributed by atoms with Gasteiger partial charge in [-0.3, -0.25) is 4.79 Å². The van der Waals surface area contributed by atoms with Crippen LogP contribution in [0.1, 0.15) is 33.8 Å². The summed E-state index contributed by atoms with van der Waals surface area (Å²) in [5, 5.41) is 12.2. The normalized spacial score (nSPS) is 20.2. The van der Waals surface area contributed by atoms with Crippen molar-refractivity contribution in [2.45, 2.75) is 18.9 Å². The molecule has 4 rings (SSSR count). The van der Waals surface area contributed by atoms with Gasteiger partial charge in [0.05, 0.1) is 6.61 Å². The summed E-state index contributed by atoms with van der Waals surface area (Å²) in [5.74, 6) is 1.15. The van der Waals surface area contributed by atoms with Crippen LogP contribution in [0.25, 0.3) is 0 Å². The molecule has 0 bridgehead atoms. The summed E-state index contributed by atoms with van der Waals surface area (Å²) in [6.07, 6.45) is -0.259. The van der Waals surface area contributed by atoms with Gasteiger partial charge in [0.15, 0.2) is 0 Å². The Balaban J connectivity index is 1.48. The van der Waals surface area contributed by atoms with Crippen LogP contribution >= 0.6 is 0 Å². The number of carbonyl (C=O) groups excluding carboxylic acids is 1. The lowest BCUT2D eigenvalue weighted by Crippen LogP contribution is -2.44. The van der Waals surface area contributed by atoms with Crippen LogP contribution in [0.2, 0.25) is 0 Å². The van der Waals surface area contributed by atoms with Crippen LogP contribution in [-0.2, 0) is 6.54 Å². The minimum absolute atomic E-state index is 0.0195. The van der Waals surface area contributed by atoms with Gasteiger partial charge in [-0.25, -0.2) is 9.18 Å². The van der Waals surface area contributed by atoms with E-state index in [1.165, 1.54) is 4.90 Å². The molecular weight excluding hydrogens is 403 g/mol. The Morgan fingerprint density at radius 1 is 1.16 bits per heavy atom. The Morgan fingerprint density at radius 3 is 2.68 bits per heavy atom. The molecule has 8 heteroatoms. The fourth-order valence-corrected chi connectivity index (χ4v) is 4.27. The Bertz CT molecular complexity index is 949. The molecule has 2 unspecified atom stereocenters. The predicted molar refractivity (Wildman–Crippen MR) is 111 cm³/mol. The highest BCUT2D eigenvalue weighted by atomic mass is 19.1. The minimum Gasteiger partial charge on any atom is -0.493 e. The third kappa shape index (κ3) is 4.73. The Labute approximate surface area is 179 Å². The number of amides is 2. The molecule has 2 aliphatic heterocycles. The molecule has 2 atom stereocenters. The molecule has 1 fully saturated rings. The van der Waals surface area contributed by atoms with Crippen LogP contribution in [0.5, 0.6) is 11.5 Å². The van der Waals surface area contributed by atoms with Crippen LogP contribution in [0.3, 0.4) is 0 Å². The summed E-state index contributed by atoms with van der Waals surface area (Å²) in [6, 6.07) is 13.0. The van der Waals surface area contributed by atoms with E-state index in [1.807, 2.05) is 36.4 Å². The standard InChI is InChI=1S/C23H25FN2O5/c24-8-10-30-18-4-1-15(2-5-18)20-7-9-26(23(28)29)13-17(20)14-31-19-6-3-16-12-25-22(27)21(16)11-19/h1-6,11,17,20H,7-10,12-14H2,(H,25,27)(H,28,29). The molecule has 2 aromatic rings. The monoisotopic (exact) mass is 428 g/mol. The molecule has 0 aliphatic carbocycles. The summed E-state index contributed by atoms with van der Waals surface area (Å²) < 4.78 is 23.6. The van der Waals surface area contributed by atoms with E-state index in [4.69, 9.17) is 9.47 Å². The first-order valence-corrected chi connectivity index (χ1v) is 10.4. The van der Waals surface area contributed by atoms with Crippen molar-refractivity contribution in [2.75, 3.05) is 33.0 Å². The molecule has 2 amide bonds. The van der Waals surface area contributed by atoms with Gasteiger partial charge in [0.2, 0.25) is 0 Å². The quantitative estimate of drug-likeness (QED) is 0.705. The maximum absolute atomic E-state index is 12.3. The molecule has 0 spiro atoms. The molecule has 2 aliphatic rings. The number of ether oxygens (including phenoxy) is 2. The largest absolute Gasteiger partial charge is 0.493 e. The summed E-state index contributed by atoms with van der Waals surface area (Å²) in [5.41, 5.74) is 2.63. The van der Waals surface area contributed by atoms with Gasteiger partial charge in [0.25, 0.3) is 5.91 Å². The zero-order chi connectivity index (χ0) is 21.8. The Kier molecular flexibility index (Phi) is 6.25. The second-order valence-electron chi connectivity index (χ2n) is 7.80. The van der Waals surface area contributed by atoms with Crippen LogP contribution in [0.4, 0.5) is 9.18 Å². The van der Waals surface area contributed by atoms with Crippen LogP contribution < -0.4 is 14.8 Å². The summed E-state index contributed by atoms with van der Waals surface area (Å²) in [4.78, 5) is 24.8. The number of nitrogens with one attached hydrogen (secondary N) is 1. The van der Waals surface area contributed by atoms with E-state index in [-0.39, 0.29) is 24.3 Å². The Morgan fingerprint density at radius 2 is 1.94 bits per heavy atom. The number of hydrogen-bond donors (Lipinski definition) is 2. The van der Waals surface area contributed by atoms with Crippen molar-refractivity contribution in [1.29, 1.82) is 0 Å². The molecule has 2 N–H and O–H groups in total. The lowest BCUT2D eigenvalue weighted by Gasteiger charge is -2.37. The van der Waals surface area contributed by atoms with Gasteiger partial charge in [0.1, 0.15) is 24.8 Å². The topological polar surface area (TPSA) is 88.1 Å². The van der Waals surface area contributed by atoms with E-state index in [0.717, 1.165) is 11.1 Å². The molecule has 2 heterocycles. The second kappa shape index (κ2) is 9.24. The molecule has 2 aromatic carbocycles. The smallest absolute Gasteiger partial charge is 0.407 e. The number of rotatable bonds is 7. The first-order valence-electron chi connectivity index (χ1n) is 10.4. The van der Waals surface area contributed by atoms with Crippen molar-refractivity contribution in [2.24, 2.45) is 5.92 Å². The maximum Gasteiger partial charge on any atom is 0.407 e. The number of fused-ring (bicyclic) bond motifs is 1. The third-order valence-corrected chi connectivity index (χ3v) is 5.89. The van der Waals surface area contributed by atoms with Crippen molar-refractivity contribution < 1.29 is 28.6 Å². The number of hydrogen-bond acceptors (Lipinski definition) is 4. The first-order chi connectivity index (χ1) is 15.0. The molecule has 7 nitrogen and oxygen atoms in total. The van der Waals surface area contributed by atoms with E-state index in [2.05, 4.69) is 5.32 Å². The van der Waals surface area contributed by atoms with E-state index < -0.39 is 12.8 Å². The number of benzene rings is 2. The second-order valence-corrected chi connectivity index (χ2v) is 7.80. The van der Waals surface area contributed by atoms with E-state index in [1.54, 1.807) is 6.07 Å². The zero-order valence-electron chi connectivity index (χ0n) is 17.1. The molecule has 0 radical (unpaired) electrons. The maximum atomic E-state index is 12.3. The SMILES string of the molecule is O=C1NCc2ccc(OCC3CN(C(=O)O)CCC3c3ccc(OCCF)cc3)cc21. The van der Waals surface area contributed by atoms with E-state index in [0.29, 0.717) is 49.7 Å². The fraction of sp³-hybridized carbons (Fsp3) is 0.391.